The Morgan fingerprint density at radius 1 is 1.05 bits per heavy atom. The Hall–Kier alpha value is -1.56. The SMILES string of the molecule is CCS(=O)(=O)c1ccc(NC(=O)c2cc(Cl)cc(Cl)c2)cc1. The molecule has 22 heavy (non-hydrogen) atoms. The van der Waals surface area contributed by atoms with E-state index in [2.05, 4.69) is 5.32 Å². The number of carbonyl (C=O) groups excluding carboxylic acids is 1. The van der Waals surface area contributed by atoms with E-state index in [9.17, 15) is 13.2 Å². The highest BCUT2D eigenvalue weighted by Gasteiger charge is 2.12. The Morgan fingerprint density at radius 2 is 1.59 bits per heavy atom. The fourth-order valence-corrected chi connectivity index (χ4v) is 3.21. The molecule has 0 aliphatic rings. The number of nitrogens with one attached hydrogen (secondary N) is 1. The van der Waals surface area contributed by atoms with Gasteiger partial charge in [-0.25, -0.2) is 8.42 Å². The van der Waals surface area contributed by atoms with Crippen molar-refractivity contribution in [3.63, 3.8) is 0 Å². The molecule has 0 atom stereocenters. The maximum absolute atomic E-state index is 12.1. The number of halogens is 2. The highest BCUT2D eigenvalue weighted by atomic mass is 35.5. The molecule has 0 unspecified atom stereocenters. The van der Waals surface area contributed by atoms with Gasteiger partial charge in [0.25, 0.3) is 5.91 Å². The van der Waals surface area contributed by atoms with Crippen LogP contribution in [-0.4, -0.2) is 20.1 Å². The fraction of sp³-hybridized carbons (Fsp3) is 0.133. The van der Waals surface area contributed by atoms with Crippen molar-refractivity contribution in [2.24, 2.45) is 0 Å². The Balaban J connectivity index is 2.19. The summed E-state index contributed by atoms with van der Waals surface area (Å²) in [5.74, 6) is -0.352. The molecule has 0 aliphatic carbocycles. The van der Waals surface area contributed by atoms with E-state index in [1.165, 1.54) is 42.5 Å². The molecule has 0 spiro atoms. The van der Waals surface area contributed by atoms with Crippen LogP contribution < -0.4 is 5.32 Å². The molecule has 2 rings (SSSR count). The lowest BCUT2D eigenvalue weighted by molar-refractivity contribution is 0.102. The average molecular weight is 358 g/mol. The molecule has 7 heteroatoms. The maximum atomic E-state index is 12.1. The zero-order valence-corrected chi connectivity index (χ0v) is 14.0. The molecule has 1 N–H and O–H groups in total. The topological polar surface area (TPSA) is 63.2 Å². The third kappa shape index (κ3) is 4.00. The van der Waals surface area contributed by atoms with Gasteiger partial charge in [0, 0.05) is 21.3 Å². The summed E-state index contributed by atoms with van der Waals surface area (Å²) in [6, 6.07) is 10.5. The van der Waals surface area contributed by atoms with Crippen molar-refractivity contribution in [2.45, 2.75) is 11.8 Å². The highest BCUT2D eigenvalue weighted by molar-refractivity contribution is 7.91. The van der Waals surface area contributed by atoms with Crippen LogP contribution in [0.4, 0.5) is 5.69 Å². The van der Waals surface area contributed by atoms with Crippen molar-refractivity contribution < 1.29 is 13.2 Å². The standard InChI is InChI=1S/C15H13Cl2NO3S/c1-2-22(20,21)14-5-3-13(4-6-14)18-15(19)10-7-11(16)9-12(17)8-10/h3-9H,2H2,1H3,(H,18,19). The third-order valence-electron chi connectivity index (χ3n) is 2.98. The van der Waals surface area contributed by atoms with Gasteiger partial charge in [-0.3, -0.25) is 4.79 Å². The molecule has 0 saturated heterocycles. The van der Waals surface area contributed by atoms with E-state index in [0.29, 0.717) is 21.3 Å². The van der Waals surface area contributed by atoms with Crippen LogP contribution in [-0.2, 0) is 9.84 Å². The van der Waals surface area contributed by atoms with Crippen LogP contribution in [0.2, 0.25) is 10.0 Å². The number of benzene rings is 2. The van der Waals surface area contributed by atoms with Crippen LogP contribution in [0.5, 0.6) is 0 Å². The summed E-state index contributed by atoms with van der Waals surface area (Å²) in [5, 5.41) is 3.38. The Labute approximate surface area is 139 Å². The first kappa shape index (κ1) is 16.8. The van der Waals surface area contributed by atoms with Gasteiger partial charge >= 0.3 is 0 Å². The van der Waals surface area contributed by atoms with Crippen LogP contribution in [0.1, 0.15) is 17.3 Å². The first-order chi connectivity index (χ1) is 10.3. The van der Waals surface area contributed by atoms with Gasteiger partial charge in [-0.05, 0) is 42.5 Å². The second-order valence-electron chi connectivity index (χ2n) is 4.54. The second-order valence-corrected chi connectivity index (χ2v) is 7.69. The van der Waals surface area contributed by atoms with E-state index in [1.54, 1.807) is 6.92 Å². The zero-order valence-electron chi connectivity index (χ0n) is 11.6. The minimum atomic E-state index is -3.25. The third-order valence-corrected chi connectivity index (χ3v) is 5.16. The van der Waals surface area contributed by atoms with Crippen LogP contribution >= 0.6 is 23.2 Å². The summed E-state index contributed by atoms with van der Waals surface area (Å²) in [6.45, 7) is 1.58. The van der Waals surface area contributed by atoms with Crippen molar-refractivity contribution in [1.82, 2.24) is 0 Å². The number of anilines is 1. The lowest BCUT2D eigenvalue weighted by Crippen LogP contribution is -2.12. The number of rotatable bonds is 4. The van der Waals surface area contributed by atoms with E-state index in [4.69, 9.17) is 23.2 Å². The minimum absolute atomic E-state index is 0.0275. The average Bonchev–Trinajstić information content (AvgIpc) is 2.46. The summed E-state index contributed by atoms with van der Waals surface area (Å²) in [6.07, 6.45) is 0. The number of amides is 1. The second kappa shape index (κ2) is 6.69. The molecule has 116 valence electrons. The number of hydrogen-bond donors (Lipinski definition) is 1. The van der Waals surface area contributed by atoms with Crippen molar-refractivity contribution >= 4 is 44.6 Å². The molecule has 0 radical (unpaired) electrons. The molecule has 4 nitrogen and oxygen atoms in total. The van der Waals surface area contributed by atoms with Gasteiger partial charge in [0.15, 0.2) is 9.84 Å². The molecule has 0 fully saturated rings. The molecule has 2 aromatic rings. The monoisotopic (exact) mass is 357 g/mol. The summed E-state index contributed by atoms with van der Waals surface area (Å²) < 4.78 is 23.4. The van der Waals surface area contributed by atoms with Gasteiger partial charge in [-0.1, -0.05) is 30.1 Å². The van der Waals surface area contributed by atoms with Crippen molar-refractivity contribution in [1.29, 1.82) is 0 Å². The van der Waals surface area contributed by atoms with E-state index in [-0.39, 0.29) is 16.6 Å². The predicted octanol–water partition coefficient (Wildman–Crippen LogP) is 4.04. The van der Waals surface area contributed by atoms with Gasteiger partial charge < -0.3 is 5.32 Å². The zero-order chi connectivity index (χ0) is 16.3. The molecule has 2 aromatic carbocycles. The fourth-order valence-electron chi connectivity index (χ4n) is 1.80. The summed E-state index contributed by atoms with van der Waals surface area (Å²) in [4.78, 5) is 12.3. The van der Waals surface area contributed by atoms with Gasteiger partial charge in [-0.2, -0.15) is 0 Å². The Bertz CT molecular complexity index is 782. The molecule has 0 heterocycles. The molecular weight excluding hydrogens is 345 g/mol. The number of sulfone groups is 1. The van der Waals surface area contributed by atoms with Gasteiger partial charge in [0.2, 0.25) is 0 Å². The minimum Gasteiger partial charge on any atom is -0.322 e. The first-order valence-electron chi connectivity index (χ1n) is 6.42. The molecular formula is C15H13Cl2NO3S. The van der Waals surface area contributed by atoms with E-state index in [1.807, 2.05) is 0 Å². The Kier molecular flexibility index (Phi) is 5.11. The largest absolute Gasteiger partial charge is 0.322 e. The van der Waals surface area contributed by atoms with Crippen molar-refractivity contribution in [3.05, 3.63) is 58.1 Å². The smallest absolute Gasteiger partial charge is 0.255 e. The van der Waals surface area contributed by atoms with Crippen molar-refractivity contribution in [2.75, 3.05) is 11.1 Å². The lowest BCUT2D eigenvalue weighted by atomic mass is 10.2. The molecule has 0 aliphatic heterocycles. The highest BCUT2D eigenvalue weighted by Crippen LogP contribution is 2.21. The molecule has 0 bridgehead atoms. The summed E-state index contributed by atoms with van der Waals surface area (Å²) in [5.41, 5.74) is 0.805. The Morgan fingerprint density at radius 3 is 2.09 bits per heavy atom. The van der Waals surface area contributed by atoms with Crippen LogP contribution in [0.15, 0.2) is 47.4 Å². The maximum Gasteiger partial charge on any atom is 0.255 e. The van der Waals surface area contributed by atoms with E-state index < -0.39 is 9.84 Å². The van der Waals surface area contributed by atoms with Crippen LogP contribution in [0.25, 0.3) is 0 Å². The first-order valence-corrected chi connectivity index (χ1v) is 8.83. The predicted molar refractivity (Wildman–Crippen MR) is 88.6 cm³/mol. The van der Waals surface area contributed by atoms with Crippen LogP contribution in [0, 0.1) is 0 Å². The van der Waals surface area contributed by atoms with Crippen molar-refractivity contribution in [3.8, 4) is 0 Å². The van der Waals surface area contributed by atoms with Crippen LogP contribution in [0.3, 0.4) is 0 Å². The van der Waals surface area contributed by atoms with Gasteiger partial charge in [0.1, 0.15) is 0 Å². The number of carbonyl (C=O) groups is 1. The molecule has 1 amide bonds. The lowest BCUT2D eigenvalue weighted by Gasteiger charge is -2.07. The van der Waals surface area contributed by atoms with Gasteiger partial charge in [0.05, 0.1) is 10.6 Å². The number of hydrogen-bond acceptors (Lipinski definition) is 3. The summed E-state index contributed by atoms with van der Waals surface area (Å²) in [7, 11) is -3.25. The normalized spacial score (nSPS) is 11.2. The van der Waals surface area contributed by atoms with Gasteiger partial charge in [-0.15, -0.1) is 0 Å². The van der Waals surface area contributed by atoms with E-state index >= 15 is 0 Å². The molecule has 0 aromatic heterocycles. The summed E-state index contributed by atoms with van der Waals surface area (Å²) >= 11 is 11.7. The quantitative estimate of drug-likeness (QED) is 0.897. The molecule has 0 saturated carbocycles. The van der Waals surface area contributed by atoms with E-state index in [0.717, 1.165) is 0 Å².